The molecule has 3 heterocycles. The average Bonchev–Trinajstić information content (AvgIpc) is 3.57. The Balaban J connectivity index is 1.32. The molecule has 6 rings (SSSR count). The van der Waals surface area contributed by atoms with E-state index in [0.29, 0.717) is 0 Å². The van der Waals surface area contributed by atoms with Crippen molar-refractivity contribution >= 4 is 32.6 Å². The molecule has 0 radical (unpaired) electrons. The molecule has 0 saturated carbocycles. The van der Waals surface area contributed by atoms with Gasteiger partial charge >= 0.3 is 0 Å². The number of nitrogens with one attached hydrogen (secondary N) is 1. The second-order valence-electron chi connectivity index (χ2n) is 13.6. The number of para-hydroxylation sites is 1. The lowest BCUT2D eigenvalue weighted by Crippen LogP contribution is -2.30. The van der Waals surface area contributed by atoms with Crippen molar-refractivity contribution in [3.05, 3.63) is 96.6 Å². The zero-order chi connectivity index (χ0) is 28.3. The van der Waals surface area contributed by atoms with Gasteiger partial charge in [0, 0.05) is 50.1 Å². The van der Waals surface area contributed by atoms with E-state index in [1.807, 2.05) is 6.20 Å². The second-order valence-corrected chi connectivity index (χ2v) is 13.6. The van der Waals surface area contributed by atoms with E-state index < -0.39 is 0 Å². The third-order valence-electron chi connectivity index (χ3n) is 8.63. The highest BCUT2D eigenvalue weighted by Gasteiger charge is 2.29. The molecule has 0 fully saturated rings. The van der Waals surface area contributed by atoms with Gasteiger partial charge in [0.25, 0.3) is 0 Å². The van der Waals surface area contributed by atoms with Gasteiger partial charge in [-0.1, -0.05) is 83.1 Å². The largest absolute Gasteiger partial charge is 0.358 e. The third-order valence-corrected chi connectivity index (χ3v) is 8.63. The van der Waals surface area contributed by atoms with E-state index in [4.69, 9.17) is 10.1 Å². The van der Waals surface area contributed by atoms with Gasteiger partial charge in [-0.2, -0.15) is 5.10 Å². The molecular weight excluding hydrogens is 488 g/mol. The molecule has 0 spiro atoms. The van der Waals surface area contributed by atoms with Crippen molar-refractivity contribution in [1.82, 2.24) is 19.7 Å². The topological polar surface area (TPSA) is 46.5 Å². The van der Waals surface area contributed by atoms with E-state index >= 15 is 0 Å². The molecule has 3 aromatic heterocycles. The summed E-state index contributed by atoms with van der Waals surface area (Å²) in [6, 6.07) is 26.2. The van der Waals surface area contributed by atoms with Crippen molar-refractivity contribution in [2.45, 2.75) is 77.7 Å². The van der Waals surface area contributed by atoms with Crippen LogP contribution >= 0.6 is 0 Å². The third kappa shape index (κ3) is 4.60. The molecule has 0 aliphatic rings. The van der Waals surface area contributed by atoms with E-state index in [-0.39, 0.29) is 16.4 Å². The van der Waals surface area contributed by atoms with Gasteiger partial charge in [0.05, 0.1) is 17.3 Å². The van der Waals surface area contributed by atoms with Crippen LogP contribution in [-0.4, -0.2) is 19.7 Å². The van der Waals surface area contributed by atoms with Crippen molar-refractivity contribution in [2.75, 3.05) is 0 Å². The van der Waals surface area contributed by atoms with Crippen molar-refractivity contribution < 1.29 is 0 Å². The molecule has 4 nitrogen and oxygen atoms in total. The Kier molecular flexibility index (Phi) is 6.14. The molecule has 0 atom stereocenters. The number of H-pyrrole nitrogens is 1. The van der Waals surface area contributed by atoms with Crippen LogP contribution in [0.4, 0.5) is 0 Å². The fourth-order valence-corrected chi connectivity index (χ4v) is 5.88. The number of aromatic amines is 1. The van der Waals surface area contributed by atoms with Gasteiger partial charge in [-0.25, -0.2) is 0 Å². The van der Waals surface area contributed by atoms with E-state index in [1.165, 1.54) is 49.4 Å². The van der Waals surface area contributed by atoms with Gasteiger partial charge in [0.2, 0.25) is 0 Å². The first-order valence-corrected chi connectivity index (χ1v) is 14.4. The molecule has 4 heteroatoms. The van der Waals surface area contributed by atoms with E-state index in [1.54, 1.807) is 0 Å². The fourth-order valence-electron chi connectivity index (χ4n) is 5.88. The van der Waals surface area contributed by atoms with Crippen molar-refractivity contribution in [1.29, 1.82) is 0 Å². The molecular formula is C36H40N4. The molecule has 6 aromatic rings. The number of pyridine rings is 1. The highest BCUT2D eigenvalue weighted by Crippen LogP contribution is 2.38. The standard InChI is InChI=1S/C36H40N4/c1-34(2,3)32-21-28-26(15-11-16-30(28)39-32)27-14-10-13-24-20-33(37-23-29(24)27)35(4,5)18-19-36(6,7)40-31-17-9-8-12-25(31)22-38-40/h8-17,20-23,39H,18-19H2,1-7H3. The highest BCUT2D eigenvalue weighted by atomic mass is 15.3. The van der Waals surface area contributed by atoms with Crippen LogP contribution in [0.15, 0.2) is 85.2 Å². The Labute approximate surface area is 237 Å². The number of aromatic nitrogens is 4. The molecule has 40 heavy (non-hydrogen) atoms. The summed E-state index contributed by atoms with van der Waals surface area (Å²) in [5, 5.41) is 9.63. The predicted octanol–water partition coefficient (Wildman–Crippen LogP) is 9.52. The summed E-state index contributed by atoms with van der Waals surface area (Å²) < 4.78 is 2.19. The van der Waals surface area contributed by atoms with Crippen molar-refractivity contribution in [2.24, 2.45) is 0 Å². The van der Waals surface area contributed by atoms with Crippen molar-refractivity contribution in [3.8, 4) is 11.1 Å². The Morgan fingerprint density at radius 2 is 1.40 bits per heavy atom. The molecule has 0 saturated heterocycles. The number of nitrogens with zero attached hydrogens (tertiary/aromatic N) is 3. The molecule has 0 aliphatic carbocycles. The Hall–Kier alpha value is -3.92. The van der Waals surface area contributed by atoms with E-state index in [2.05, 4.69) is 137 Å². The number of fused-ring (bicyclic) bond motifs is 3. The molecule has 0 amide bonds. The van der Waals surface area contributed by atoms with Crippen LogP contribution < -0.4 is 0 Å². The first kappa shape index (κ1) is 26.3. The predicted molar refractivity (Wildman–Crippen MR) is 169 cm³/mol. The summed E-state index contributed by atoms with van der Waals surface area (Å²) in [6.07, 6.45) is 6.06. The summed E-state index contributed by atoms with van der Waals surface area (Å²) in [7, 11) is 0. The maximum absolute atomic E-state index is 5.07. The quantitative estimate of drug-likeness (QED) is 0.234. The maximum atomic E-state index is 5.07. The Morgan fingerprint density at radius 1 is 0.700 bits per heavy atom. The van der Waals surface area contributed by atoms with E-state index in [9.17, 15) is 0 Å². The normalized spacial score (nSPS) is 13.1. The molecule has 0 unspecified atom stereocenters. The van der Waals surface area contributed by atoms with Gasteiger partial charge in [0.1, 0.15) is 0 Å². The van der Waals surface area contributed by atoms with Crippen LogP contribution in [0.25, 0.3) is 43.7 Å². The minimum absolute atomic E-state index is 0.0656. The van der Waals surface area contributed by atoms with Crippen LogP contribution in [0.2, 0.25) is 0 Å². The number of hydrogen-bond donors (Lipinski definition) is 1. The van der Waals surface area contributed by atoms with Gasteiger partial charge in [-0.05, 0) is 67.5 Å². The minimum Gasteiger partial charge on any atom is -0.358 e. The lowest BCUT2D eigenvalue weighted by Gasteiger charge is -2.32. The number of rotatable bonds is 6. The monoisotopic (exact) mass is 528 g/mol. The summed E-state index contributed by atoms with van der Waals surface area (Å²) in [5.74, 6) is 0. The first-order valence-electron chi connectivity index (χ1n) is 14.4. The Morgan fingerprint density at radius 3 is 2.17 bits per heavy atom. The lowest BCUT2D eigenvalue weighted by molar-refractivity contribution is 0.267. The van der Waals surface area contributed by atoms with Gasteiger partial charge < -0.3 is 4.98 Å². The zero-order valence-corrected chi connectivity index (χ0v) is 24.8. The Bertz CT molecular complexity index is 1840. The SMILES string of the molecule is CC(C)(C)c1cc2c(-c3cccc4cc(C(C)(C)CCC(C)(C)n5ncc6ccccc65)ncc34)cccc2[nH]1. The van der Waals surface area contributed by atoms with Crippen LogP contribution in [-0.2, 0) is 16.4 Å². The minimum atomic E-state index is -0.106. The van der Waals surface area contributed by atoms with Gasteiger partial charge in [-0.3, -0.25) is 9.67 Å². The van der Waals surface area contributed by atoms with E-state index in [0.717, 1.165) is 18.5 Å². The average molecular weight is 529 g/mol. The molecule has 1 N–H and O–H groups in total. The molecule has 3 aromatic carbocycles. The van der Waals surface area contributed by atoms with Crippen LogP contribution in [0, 0.1) is 0 Å². The van der Waals surface area contributed by atoms with Crippen LogP contribution in [0.1, 0.15) is 72.7 Å². The van der Waals surface area contributed by atoms with Crippen molar-refractivity contribution in [3.63, 3.8) is 0 Å². The second kappa shape index (κ2) is 9.33. The highest BCUT2D eigenvalue weighted by molar-refractivity contribution is 6.05. The number of benzene rings is 3. The fraction of sp³-hybridized carbons (Fsp3) is 0.333. The number of hydrogen-bond acceptors (Lipinski definition) is 2. The van der Waals surface area contributed by atoms with Crippen LogP contribution in [0.5, 0.6) is 0 Å². The summed E-state index contributed by atoms with van der Waals surface area (Å²) in [6.45, 7) is 16.0. The summed E-state index contributed by atoms with van der Waals surface area (Å²) in [4.78, 5) is 8.72. The maximum Gasteiger partial charge on any atom is 0.0688 e. The zero-order valence-electron chi connectivity index (χ0n) is 24.8. The first-order chi connectivity index (χ1) is 18.9. The van der Waals surface area contributed by atoms with Crippen LogP contribution in [0.3, 0.4) is 0 Å². The molecule has 0 bridgehead atoms. The van der Waals surface area contributed by atoms with Gasteiger partial charge in [0.15, 0.2) is 0 Å². The summed E-state index contributed by atoms with van der Waals surface area (Å²) in [5.41, 5.74) is 7.11. The molecule has 204 valence electrons. The molecule has 0 aliphatic heterocycles. The smallest absolute Gasteiger partial charge is 0.0688 e. The lowest BCUT2D eigenvalue weighted by atomic mass is 9.79. The summed E-state index contributed by atoms with van der Waals surface area (Å²) >= 11 is 0. The van der Waals surface area contributed by atoms with Gasteiger partial charge in [-0.15, -0.1) is 0 Å².